The number of carbonyl (C=O) groups excluding carboxylic acids is 12. The molecular weight excluding hydrogens is 1480 g/mol. The first kappa shape index (κ1) is 102. The van der Waals surface area contributed by atoms with Crippen LogP contribution in [0.3, 0.4) is 0 Å². The van der Waals surface area contributed by atoms with E-state index in [9.17, 15) is 82.8 Å². The Morgan fingerprint density at radius 2 is 0.685 bits per heavy atom. The molecule has 0 spiro atoms. The molecule has 15 atom stereocenters. The van der Waals surface area contributed by atoms with Gasteiger partial charge in [0.05, 0.1) is 43.2 Å². The first-order chi connectivity index (χ1) is 52.4. The fourth-order valence-electron chi connectivity index (χ4n) is 11.8. The Labute approximate surface area is 664 Å². The van der Waals surface area contributed by atoms with Gasteiger partial charge in [-0.15, -0.1) is 0 Å². The SMILES string of the molecule is CC(C)C[C@H](NC(=O)[C@H](C)NC(=O)C[C@H](O)[C@H](CC(C)C)NC(=O)[C@@H](NC(=O)[C@@H](N)C(C)C)C(C)C)[C@@H](O)CC(=O)N[C@@H](CCCCN)C(=O)N[C@@H](CCCCN)C(=O)N[C@@H](CCCCN)C(=O)N[C@@H](CCCCN)C(=O)N[C@@H](CCCCN)C(=O)N[C@@H](Cc1ccc(O)cc1)C(=O)N[C@@H](CS)C(=O)N[C@@H](CS)C(=O)O. The van der Waals surface area contributed by atoms with Gasteiger partial charge in [-0.2, -0.15) is 25.3 Å². The molecule has 0 saturated heterocycles. The van der Waals surface area contributed by atoms with Gasteiger partial charge < -0.3 is 119 Å². The van der Waals surface area contributed by atoms with Gasteiger partial charge in [0, 0.05) is 17.9 Å². The van der Waals surface area contributed by atoms with E-state index in [2.05, 4.69) is 89.1 Å². The number of rotatable bonds is 59. The summed E-state index contributed by atoms with van der Waals surface area (Å²) in [6.07, 6.45) is -0.410. The van der Waals surface area contributed by atoms with Crippen LogP contribution in [0.5, 0.6) is 5.75 Å². The first-order valence-corrected chi connectivity index (χ1v) is 40.2. The van der Waals surface area contributed by atoms with E-state index in [1.54, 1.807) is 27.7 Å². The summed E-state index contributed by atoms with van der Waals surface area (Å²) in [5.74, 6) is -12.2. The van der Waals surface area contributed by atoms with E-state index in [1.165, 1.54) is 31.2 Å². The van der Waals surface area contributed by atoms with E-state index in [1.807, 2.05) is 27.7 Å². The third-order valence-electron chi connectivity index (χ3n) is 18.4. The molecule has 0 aliphatic rings. The van der Waals surface area contributed by atoms with E-state index in [4.69, 9.17) is 34.4 Å². The van der Waals surface area contributed by atoms with Crippen LogP contribution < -0.4 is 98.2 Å². The molecule has 0 saturated carbocycles. The summed E-state index contributed by atoms with van der Waals surface area (Å²) in [4.78, 5) is 180. The molecule has 0 heterocycles. The number of aliphatic carboxylic acids is 1. The fourth-order valence-corrected chi connectivity index (χ4v) is 12.3. The molecule has 0 unspecified atom stereocenters. The van der Waals surface area contributed by atoms with Gasteiger partial charge in [0.25, 0.3) is 0 Å². The lowest BCUT2D eigenvalue weighted by atomic mass is 9.95. The standard InChI is InChI=1S/C74H134N18O17S2/c1-41(2)34-53(87-64(98)45(9)81-60(96)37-58(94)54(35-42(3)4)88-73(107)63(44(7)8)92-72(106)62(80)43(5)6)59(95)38-61(97)82-48(20-10-15-29-75)65(99)83-49(21-11-16-30-76)66(100)84-50(22-12-17-31-77)67(101)85-51(23-13-18-32-78)68(102)86-52(24-14-19-33-79)69(103)89-55(36-46-25-27-47(93)28-26-46)70(104)90-56(39-110)71(105)91-57(40-111)74(108)109/h25-28,41-45,48-59,62-63,93-95,110-111H,10-24,29-40,75-80H2,1-9H3,(H,81,96)(H,82,97)(H,83,99)(H,84,100)(H,85,101)(H,86,102)(H,87,98)(H,88,107)(H,89,103)(H,90,104)(H,91,105)(H,92,106)(H,108,109)/t45-,48-,49-,50-,51-,52-,53-,54-,55-,56-,57-,58-,59-,62-,63-/m0/s1. The number of unbranched alkanes of at least 4 members (excludes halogenated alkanes) is 5. The zero-order chi connectivity index (χ0) is 84.0. The zero-order valence-electron chi connectivity index (χ0n) is 66.3. The molecule has 0 aliphatic heterocycles. The van der Waals surface area contributed by atoms with Crippen molar-refractivity contribution in [2.24, 2.45) is 58.1 Å². The van der Waals surface area contributed by atoms with Gasteiger partial charge in [0.1, 0.15) is 66.2 Å². The summed E-state index contributed by atoms with van der Waals surface area (Å²) in [6.45, 7) is 16.8. The highest BCUT2D eigenvalue weighted by molar-refractivity contribution is 7.80. The van der Waals surface area contributed by atoms with Gasteiger partial charge in [-0.05, 0) is 190 Å². The Kier molecular flexibility index (Phi) is 51.1. The van der Waals surface area contributed by atoms with Gasteiger partial charge in [0.15, 0.2) is 0 Å². The summed E-state index contributed by atoms with van der Waals surface area (Å²) in [7, 11) is 0. The molecule has 1 aromatic carbocycles. The number of aliphatic hydroxyl groups excluding tert-OH is 2. The van der Waals surface area contributed by atoms with Gasteiger partial charge in [-0.25, -0.2) is 4.79 Å². The first-order valence-electron chi connectivity index (χ1n) is 38.9. The lowest BCUT2D eigenvalue weighted by Crippen LogP contribution is -2.60. The second kappa shape index (κ2) is 55.9. The summed E-state index contributed by atoms with van der Waals surface area (Å²) in [5.41, 5.74) is 35.8. The van der Waals surface area contributed by atoms with Crippen LogP contribution in [-0.2, 0) is 68.7 Å². The Hall–Kier alpha value is -7.49. The van der Waals surface area contributed by atoms with Crippen molar-refractivity contribution in [3.63, 3.8) is 0 Å². The Morgan fingerprint density at radius 3 is 1.02 bits per heavy atom. The number of carboxylic acids is 1. The van der Waals surface area contributed by atoms with Crippen LogP contribution in [0.4, 0.5) is 0 Å². The van der Waals surface area contributed by atoms with E-state index in [0.717, 1.165) is 0 Å². The second-order valence-electron chi connectivity index (χ2n) is 29.9. The van der Waals surface area contributed by atoms with Crippen molar-refractivity contribution < 1.29 is 82.8 Å². The number of hydrogen-bond donors (Lipinski definition) is 24. The third-order valence-corrected chi connectivity index (χ3v) is 19.1. The topological polar surface area (TPSA) is 603 Å². The number of hydrogen-bond acceptors (Lipinski definition) is 24. The highest BCUT2D eigenvalue weighted by Gasteiger charge is 2.38. The average Bonchev–Trinajstić information content (AvgIpc) is 0.856. The van der Waals surface area contributed by atoms with Crippen LogP contribution in [0.15, 0.2) is 24.3 Å². The molecule has 1 rings (SSSR count). The molecular formula is C74H134N18O17S2. The van der Waals surface area contributed by atoms with Gasteiger partial charge in [-0.3, -0.25) is 57.5 Å². The fraction of sp³-hybridized carbons (Fsp3) is 0.743. The molecule has 12 amide bonds. The third kappa shape index (κ3) is 40.7. The number of phenols is 1. The predicted octanol–water partition coefficient (Wildman–Crippen LogP) is -2.41. The van der Waals surface area contributed by atoms with Crippen LogP contribution in [0.1, 0.15) is 190 Å². The molecule has 0 bridgehead atoms. The minimum absolute atomic E-state index is 0.000744. The Bertz CT molecular complexity index is 3040. The number of phenolic OH excluding ortho intramolecular Hbond substituents is 1. The molecule has 35 nitrogen and oxygen atoms in total. The predicted molar refractivity (Wildman–Crippen MR) is 428 cm³/mol. The lowest BCUT2D eigenvalue weighted by Gasteiger charge is -2.30. The maximum Gasteiger partial charge on any atom is 0.327 e. The van der Waals surface area contributed by atoms with Crippen LogP contribution in [0.2, 0.25) is 0 Å². The Morgan fingerprint density at radius 1 is 0.369 bits per heavy atom. The van der Waals surface area contributed by atoms with E-state index in [-0.39, 0.29) is 125 Å². The number of thiol groups is 2. The molecule has 0 aliphatic carbocycles. The molecule has 0 fully saturated rings. The largest absolute Gasteiger partial charge is 0.508 e. The number of nitrogens with two attached hydrogens (primary N) is 6. The van der Waals surface area contributed by atoms with E-state index >= 15 is 0 Å². The highest BCUT2D eigenvalue weighted by Crippen LogP contribution is 2.19. The number of benzene rings is 1. The van der Waals surface area contributed by atoms with Crippen molar-refractivity contribution in [1.29, 1.82) is 0 Å². The summed E-state index contributed by atoms with van der Waals surface area (Å²) >= 11 is 8.18. The molecule has 634 valence electrons. The number of aliphatic hydroxyl groups is 2. The summed E-state index contributed by atoms with van der Waals surface area (Å²) < 4.78 is 0. The van der Waals surface area contributed by atoms with Gasteiger partial charge in [-0.1, -0.05) is 67.5 Å². The molecule has 0 radical (unpaired) electrons. The lowest BCUT2D eigenvalue weighted by molar-refractivity contribution is -0.141. The number of nitrogens with one attached hydrogen (secondary N) is 12. The maximum atomic E-state index is 14.7. The summed E-state index contributed by atoms with van der Waals surface area (Å²) in [5, 5.41) is 74.5. The van der Waals surface area contributed by atoms with Crippen LogP contribution >= 0.6 is 25.3 Å². The quantitative estimate of drug-likeness (QED) is 0.0239. The monoisotopic (exact) mass is 1610 g/mol. The minimum Gasteiger partial charge on any atom is -0.508 e. The summed E-state index contributed by atoms with van der Waals surface area (Å²) in [6, 6.07) is -10.4. The zero-order valence-corrected chi connectivity index (χ0v) is 68.1. The number of carboxylic acid groups (broad SMARTS) is 1. The molecule has 111 heavy (non-hydrogen) atoms. The normalized spacial score (nSPS) is 15.6. The molecule has 1 aromatic rings. The maximum absolute atomic E-state index is 14.7. The van der Waals surface area contributed by atoms with Crippen molar-refractivity contribution in [2.45, 2.75) is 281 Å². The van der Waals surface area contributed by atoms with Crippen molar-refractivity contribution in [3.8, 4) is 5.75 Å². The van der Waals surface area contributed by atoms with Crippen molar-refractivity contribution in [1.82, 2.24) is 63.8 Å². The molecule has 28 N–H and O–H groups in total. The van der Waals surface area contributed by atoms with E-state index in [0.29, 0.717) is 69.8 Å². The Balaban J connectivity index is 3.58. The van der Waals surface area contributed by atoms with Crippen molar-refractivity contribution >= 4 is 102 Å². The van der Waals surface area contributed by atoms with Crippen LogP contribution in [0.25, 0.3) is 0 Å². The van der Waals surface area contributed by atoms with Gasteiger partial charge >= 0.3 is 5.97 Å². The van der Waals surface area contributed by atoms with E-state index < -0.39 is 180 Å². The smallest absolute Gasteiger partial charge is 0.327 e. The average molecular weight is 1610 g/mol. The van der Waals surface area contributed by atoms with Crippen molar-refractivity contribution in [3.05, 3.63) is 29.8 Å². The van der Waals surface area contributed by atoms with Crippen LogP contribution in [-0.4, -0.2) is 232 Å². The number of amides is 12. The number of carbonyl (C=O) groups is 13. The number of aromatic hydroxyl groups is 1. The van der Waals surface area contributed by atoms with Crippen molar-refractivity contribution in [2.75, 3.05) is 44.2 Å². The molecule has 0 aromatic heterocycles. The highest BCUT2D eigenvalue weighted by atomic mass is 32.1. The van der Waals surface area contributed by atoms with Gasteiger partial charge in [0.2, 0.25) is 70.9 Å². The molecule has 37 heteroatoms. The minimum atomic E-state index is -1.55. The van der Waals surface area contributed by atoms with Crippen LogP contribution in [0, 0.1) is 23.7 Å². The second-order valence-corrected chi connectivity index (χ2v) is 30.6.